The Labute approximate surface area is 158 Å². The molecule has 140 valence electrons. The maximum atomic E-state index is 13.0. The summed E-state index contributed by atoms with van der Waals surface area (Å²) in [6.45, 7) is 0. The molecule has 2 aromatic rings. The zero-order valence-corrected chi connectivity index (χ0v) is 15.1. The summed E-state index contributed by atoms with van der Waals surface area (Å²) >= 11 is 0. The van der Waals surface area contributed by atoms with Crippen molar-refractivity contribution in [1.29, 1.82) is 0 Å². The van der Waals surface area contributed by atoms with E-state index in [9.17, 15) is 9.59 Å². The monoisotopic (exact) mass is 364 g/mol. The van der Waals surface area contributed by atoms with Crippen molar-refractivity contribution in [1.82, 2.24) is 5.48 Å². The third-order valence-corrected chi connectivity index (χ3v) is 5.50. The molecule has 1 aliphatic rings. The van der Waals surface area contributed by atoms with Crippen molar-refractivity contribution in [2.75, 3.05) is 0 Å². The van der Waals surface area contributed by atoms with Gasteiger partial charge in [-0.2, -0.15) is 0 Å². The quantitative estimate of drug-likeness (QED) is 0.418. The summed E-state index contributed by atoms with van der Waals surface area (Å²) in [5.41, 5.74) is 9.10. The Morgan fingerprint density at radius 3 is 2.30 bits per heavy atom. The van der Waals surface area contributed by atoms with Crippen molar-refractivity contribution in [3.63, 3.8) is 0 Å². The molecular weight excluding hydrogens is 340 g/mol. The lowest BCUT2D eigenvalue weighted by atomic mass is 9.63. The fraction of sp³-hybridized carbons (Fsp3) is 0.273. The van der Waals surface area contributed by atoms with Crippen molar-refractivity contribution in [3.8, 4) is 0 Å². The van der Waals surface area contributed by atoms with Crippen LogP contribution >= 0.6 is 0 Å². The summed E-state index contributed by atoms with van der Waals surface area (Å²) in [6.07, 6.45) is 6.83. The smallest absolute Gasteiger partial charge is 0.267 e. The van der Waals surface area contributed by atoms with Crippen LogP contribution in [0, 0.1) is 5.92 Å². The lowest BCUT2D eigenvalue weighted by molar-refractivity contribution is -0.124. The molecule has 0 radical (unpaired) electrons. The Morgan fingerprint density at radius 1 is 1.04 bits per heavy atom. The number of primary amides is 1. The molecule has 1 unspecified atom stereocenters. The molecule has 1 aliphatic carbocycles. The highest BCUT2D eigenvalue weighted by molar-refractivity contribution is 5.94. The fourth-order valence-electron chi connectivity index (χ4n) is 4.35. The fourth-order valence-corrected chi connectivity index (χ4v) is 4.35. The van der Waals surface area contributed by atoms with Crippen molar-refractivity contribution >= 4 is 17.9 Å². The van der Waals surface area contributed by atoms with Gasteiger partial charge in [-0.05, 0) is 41.5 Å². The summed E-state index contributed by atoms with van der Waals surface area (Å²) in [5.74, 6) is -0.915. The van der Waals surface area contributed by atoms with E-state index in [1.807, 2.05) is 54.6 Å². The number of rotatable bonds is 6. The molecular formula is C22H24N2O3. The highest BCUT2D eigenvalue weighted by Crippen LogP contribution is 2.48. The molecule has 5 heteroatoms. The largest absolute Gasteiger partial charge is 0.369 e. The molecule has 0 aromatic heterocycles. The van der Waals surface area contributed by atoms with Crippen LogP contribution in [0.4, 0.5) is 0 Å². The number of benzene rings is 2. The summed E-state index contributed by atoms with van der Waals surface area (Å²) in [5, 5.41) is 8.76. The van der Waals surface area contributed by atoms with Gasteiger partial charge in [0, 0.05) is 6.08 Å². The molecule has 1 fully saturated rings. The van der Waals surface area contributed by atoms with E-state index >= 15 is 0 Å². The number of nitrogens with one attached hydrogen (secondary N) is 1. The lowest BCUT2D eigenvalue weighted by Gasteiger charge is -2.38. The average molecular weight is 364 g/mol. The van der Waals surface area contributed by atoms with Crippen LogP contribution in [0.3, 0.4) is 0 Å². The van der Waals surface area contributed by atoms with Gasteiger partial charge in [-0.25, -0.2) is 5.48 Å². The van der Waals surface area contributed by atoms with Gasteiger partial charge in [0.1, 0.15) is 5.41 Å². The molecule has 1 saturated carbocycles. The lowest BCUT2D eigenvalue weighted by Crippen LogP contribution is -2.48. The molecule has 2 aromatic carbocycles. The Hall–Kier alpha value is -2.92. The zero-order chi connectivity index (χ0) is 19.3. The van der Waals surface area contributed by atoms with Gasteiger partial charge in [-0.3, -0.25) is 14.8 Å². The van der Waals surface area contributed by atoms with Crippen LogP contribution in [-0.4, -0.2) is 17.0 Å². The van der Waals surface area contributed by atoms with Gasteiger partial charge in [0.15, 0.2) is 0 Å². The second kappa shape index (κ2) is 8.18. The van der Waals surface area contributed by atoms with Gasteiger partial charge >= 0.3 is 0 Å². The molecule has 0 bridgehead atoms. The molecule has 0 heterocycles. The number of hydrogen-bond acceptors (Lipinski definition) is 3. The second-order valence-corrected chi connectivity index (χ2v) is 6.92. The molecule has 0 aliphatic heterocycles. The topological polar surface area (TPSA) is 92.4 Å². The van der Waals surface area contributed by atoms with Gasteiger partial charge < -0.3 is 5.73 Å². The van der Waals surface area contributed by atoms with Crippen LogP contribution in [-0.2, 0) is 15.0 Å². The van der Waals surface area contributed by atoms with Crippen molar-refractivity contribution in [2.45, 2.75) is 31.1 Å². The Kier molecular flexibility index (Phi) is 5.72. The summed E-state index contributed by atoms with van der Waals surface area (Å²) < 4.78 is 0. The summed E-state index contributed by atoms with van der Waals surface area (Å²) in [6, 6.07) is 17.1. The Balaban J connectivity index is 2.24. The van der Waals surface area contributed by atoms with Gasteiger partial charge in [0.25, 0.3) is 5.91 Å². The number of carbonyl (C=O) groups is 2. The first-order chi connectivity index (χ1) is 13.1. The van der Waals surface area contributed by atoms with Gasteiger partial charge in [-0.15, -0.1) is 0 Å². The van der Waals surface area contributed by atoms with Gasteiger partial charge in [0.2, 0.25) is 5.91 Å². The van der Waals surface area contributed by atoms with E-state index in [2.05, 4.69) is 0 Å². The second-order valence-electron chi connectivity index (χ2n) is 6.92. The maximum absolute atomic E-state index is 13.0. The van der Waals surface area contributed by atoms with E-state index in [4.69, 9.17) is 10.9 Å². The number of nitrogens with two attached hydrogens (primary N) is 1. The number of hydroxylamine groups is 1. The summed E-state index contributed by atoms with van der Waals surface area (Å²) in [7, 11) is 0. The standard InChI is InChI=1S/C22H24N2O3/c23-21(26)22(18-11-5-6-12-18,17-9-2-1-3-10-17)19-13-7-4-8-16(19)14-15-20(25)24-27/h1-4,7-10,13-15,18,27H,5-6,11-12H2,(H2,23,26)(H,24,25)/b15-14+. The minimum Gasteiger partial charge on any atom is -0.369 e. The minimum atomic E-state index is -0.964. The first kappa shape index (κ1) is 18.9. The van der Waals surface area contributed by atoms with Crippen LogP contribution in [0.2, 0.25) is 0 Å². The molecule has 3 rings (SSSR count). The summed E-state index contributed by atoms with van der Waals surface area (Å²) in [4.78, 5) is 24.5. The van der Waals surface area contributed by atoms with Crippen LogP contribution in [0.15, 0.2) is 60.7 Å². The van der Waals surface area contributed by atoms with Crippen molar-refractivity contribution in [3.05, 3.63) is 77.4 Å². The van der Waals surface area contributed by atoms with Crippen LogP contribution < -0.4 is 11.2 Å². The number of hydrogen-bond donors (Lipinski definition) is 3. The number of amides is 2. The third kappa shape index (κ3) is 3.51. The molecule has 0 saturated heterocycles. The van der Waals surface area contributed by atoms with E-state index < -0.39 is 11.3 Å². The highest BCUT2D eigenvalue weighted by atomic mass is 16.5. The average Bonchev–Trinajstić information content (AvgIpc) is 3.23. The van der Waals surface area contributed by atoms with E-state index in [1.54, 1.807) is 11.6 Å². The Morgan fingerprint density at radius 2 is 1.67 bits per heavy atom. The molecule has 1 atom stereocenters. The SMILES string of the molecule is NC(=O)C(c1ccccc1)(c1ccccc1/C=C/C(=O)NO)C1CCCC1. The van der Waals surface area contributed by atoms with E-state index in [-0.39, 0.29) is 11.8 Å². The molecule has 27 heavy (non-hydrogen) atoms. The van der Waals surface area contributed by atoms with Crippen molar-refractivity contribution in [2.24, 2.45) is 11.7 Å². The van der Waals surface area contributed by atoms with Gasteiger partial charge in [0.05, 0.1) is 0 Å². The van der Waals surface area contributed by atoms with Gasteiger partial charge in [-0.1, -0.05) is 67.4 Å². The van der Waals surface area contributed by atoms with E-state index in [0.717, 1.165) is 42.4 Å². The maximum Gasteiger partial charge on any atom is 0.267 e. The molecule has 5 nitrogen and oxygen atoms in total. The van der Waals surface area contributed by atoms with Crippen LogP contribution in [0.1, 0.15) is 42.4 Å². The zero-order valence-electron chi connectivity index (χ0n) is 15.1. The molecule has 4 N–H and O–H groups in total. The van der Waals surface area contributed by atoms with Crippen LogP contribution in [0.5, 0.6) is 0 Å². The predicted octanol–water partition coefficient (Wildman–Crippen LogP) is 3.17. The van der Waals surface area contributed by atoms with Crippen LogP contribution in [0.25, 0.3) is 6.08 Å². The normalized spacial score (nSPS) is 16.9. The highest BCUT2D eigenvalue weighted by Gasteiger charge is 2.48. The minimum absolute atomic E-state index is 0.0959. The van der Waals surface area contributed by atoms with E-state index in [0.29, 0.717) is 0 Å². The Bertz CT molecular complexity index is 842. The van der Waals surface area contributed by atoms with E-state index in [1.165, 1.54) is 6.08 Å². The first-order valence-corrected chi connectivity index (χ1v) is 9.17. The molecule has 2 amide bonds. The van der Waals surface area contributed by atoms with Crippen molar-refractivity contribution < 1.29 is 14.8 Å². The first-order valence-electron chi connectivity index (χ1n) is 9.17. The molecule has 0 spiro atoms. The third-order valence-electron chi connectivity index (χ3n) is 5.50. The predicted molar refractivity (Wildman–Crippen MR) is 104 cm³/mol. The number of carbonyl (C=O) groups excluding carboxylic acids is 2.